The molecule has 0 unspecified atom stereocenters. The molecule has 0 radical (unpaired) electrons. The molecule has 2 amide bonds. The van der Waals surface area contributed by atoms with Crippen molar-refractivity contribution in [1.82, 2.24) is 9.62 Å². The number of amides is 2. The fourth-order valence-corrected chi connectivity index (χ4v) is 6.35. The number of nitrogens with zero attached hydrogens (tertiary/aromatic N) is 2. The largest absolute Gasteiger partial charge is 0.351 e. The fraction of sp³-hybridized carbons (Fsp3) is 0.440. The number of carbonyl (C=O) groups is 2. The van der Waals surface area contributed by atoms with E-state index in [0.717, 1.165) is 47.7 Å². The van der Waals surface area contributed by atoms with Gasteiger partial charge in [0.25, 0.3) is 0 Å². The Morgan fingerprint density at radius 2 is 1.62 bits per heavy atom. The smallest absolute Gasteiger partial charge is 0.247 e. The lowest BCUT2D eigenvalue weighted by Gasteiger charge is -2.47. The van der Waals surface area contributed by atoms with Gasteiger partial charge >= 0.3 is 0 Å². The number of anilines is 1. The number of nitrogens with one attached hydrogen (secondary N) is 1. The minimum Gasteiger partial charge on any atom is -0.351 e. The molecule has 0 aromatic heterocycles. The summed E-state index contributed by atoms with van der Waals surface area (Å²) >= 11 is 0. The van der Waals surface area contributed by atoms with Crippen LogP contribution >= 0.6 is 0 Å². The van der Waals surface area contributed by atoms with E-state index in [2.05, 4.69) is 5.32 Å². The van der Waals surface area contributed by atoms with E-state index >= 15 is 0 Å². The maximum absolute atomic E-state index is 14.8. The van der Waals surface area contributed by atoms with Crippen molar-refractivity contribution in [2.24, 2.45) is 0 Å². The van der Waals surface area contributed by atoms with Crippen LogP contribution < -0.4 is 10.2 Å². The lowest BCUT2D eigenvalue weighted by molar-refractivity contribution is -0.133. The van der Waals surface area contributed by atoms with Crippen LogP contribution in [-0.2, 0) is 19.6 Å². The standard InChI is InChI=1S/C25H30FN3O4S/c1-25(24(31)27-19-11-5-2-3-6-12-19)18-28(34(32,33)20-13-7-4-8-14-20)17-23(30)29(25)22-16-10-9-15-21(22)26/h4,7-10,13-16,19H,2-3,5-6,11-12,17-18H2,1H3,(H,27,31)/t25-/m1/s1. The van der Waals surface area contributed by atoms with E-state index < -0.39 is 39.7 Å². The minimum atomic E-state index is -4.04. The van der Waals surface area contributed by atoms with Crippen molar-refractivity contribution in [2.75, 3.05) is 18.0 Å². The van der Waals surface area contributed by atoms with Gasteiger partial charge in [0.15, 0.2) is 0 Å². The van der Waals surface area contributed by atoms with Crippen molar-refractivity contribution in [3.63, 3.8) is 0 Å². The van der Waals surface area contributed by atoms with Gasteiger partial charge in [0.05, 0.1) is 17.1 Å². The molecule has 2 aromatic carbocycles. The Morgan fingerprint density at radius 1 is 1.00 bits per heavy atom. The van der Waals surface area contributed by atoms with E-state index in [-0.39, 0.29) is 23.2 Å². The SMILES string of the molecule is C[C@]1(C(=O)NC2CCCCCC2)CN(S(=O)(=O)c2ccccc2)CC(=O)N1c1ccccc1F. The monoisotopic (exact) mass is 487 g/mol. The Morgan fingerprint density at radius 3 is 2.26 bits per heavy atom. The van der Waals surface area contributed by atoms with Crippen LogP contribution in [0.25, 0.3) is 0 Å². The first kappa shape index (κ1) is 24.3. The van der Waals surface area contributed by atoms with Gasteiger partial charge in [-0.25, -0.2) is 12.8 Å². The Hall–Kier alpha value is -2.78. The average molecular weight is 488 g/mol. The van der Waals surface area contributed by atoms with Crippen molar-refractivity contribution in [3.8, 4) is 0 Å². The summed E-state index contributed by atoms with van der Waals surface area (Å²) in [5, 5.41) is 3.04. The Labute approximate surface area is 200 Å². The first-order chi connectivity index (χ1) is 16.2. The molecule has 0 bridgehead atoms. The van der Waals surface area contributed by atoms with Crippen LogP contribution in [0.2, 0.25) is 0 Å². The molecule has 2 aromatic rings. The Balaban J connectivity index is 1.72. The van der Waals surface area contributed by atoms with Crippen LogP contribution in [0, 0.1) is 5.82 Å². The summed E-state index contributed by atoms with van der Waals surface area (Å²) in [4.78, 5) is 28.2. The molecule has 2 fully saturated rings. The average Bonchev–Trinajstić information content (AvgIpc) is 3.09. The normalized spacial score (nSPS) is 22.9. The highest BCUT2D eigenvalue weighted by atomic mass is 32.2. The van der Waals surface area contributed by atoms with Gasteiger partial charge in [0, 0.05) is 12.6 Å². The topological polar surface area (TPSA) is 86.8 Å². The quantitative estimate of drug-likeness (QED) is 0.655. The van der Waals surface area contributed by atoms with Gasteiger partial charge in [0.2, 0.25) is 21.8 Å². The number of hydrogen-bond donors (Lipinski definition) is 1. The molecule has 1 aliphatic heterocycles. The fourth-order valence-electron chi connectivity index (χ4n) is 4.85. The number of benzene rings is 2. The lowest BCUT2D eigenvalue weighted by Crippen LogP contribution is -2.71. The molecule has 2 aliphatic rings. The number of rotatable bonds is 5. The Kier molecular flexibility index (Phi) is 7.04. The maximum atomic E-state index is 14.8. The van der Waals surface area contributed by atoms with Crippen molar-refractivity contribution >= 4 is 27.5 Å². The zero-order valence-corrected chi connectivity index (χ0v) is 20.1. The van der Waals surface area contributed by atoms with Crippen molar-refractivity contribution in [2.45, 2.75) is 61.9 Å². The summed E-state index contributed by atoms with van der Waals surface area (Å²) in [5.41, 5.74) is -1.67. The number of sulfonamides is 1. The van der Waals surface area contributed by atoms with Crippen LogP contribution in [0.4, 0.5) is 10.1 Å². The third-order valence-electron chi connectivity index (χ3n) is 6.69. The first-order valence-electron chi connectivity index (χ1n) is 11.7. The van der Waals surface area contributed by atoms with Crippen molar-refractivity contribution < 1.29 is 22.4 Å². The maximum Gasteiger partial charge on any atom is 0.247 e. The van der Waals surface area contributed by atoms with Crippen LogP contribution in [0.3, 0.4) is 0 Å². The molecule has 7 nitrogen and oxygen atoms in total. The third kappa shape index (κ3) is 4.72. The predicted octanol–water partition coefficient (Wildman–Crippen LogP) is 3.46. The van der Waals surface area contributed by atoms with Gasteiger partial charge < -0.3 is 5.32 Å². The third-order valence-corrected chi connectivity index (χ3v) is 8.50. The summed E-state index contributed by atoms with van der Waals surface area (Å²) in [7, 11) is -4.04. The molecule has 1 N–H and O–H groups in total. The van der Waals surface area contributed by atoms with E-state index in [1.165, 1.54) is 37.3 Å². The van der Waals surface area contributed by atoms with E-state index in [4.69, 9.17) is 0 Å². The second-order valence-electron chi connectivity index (χ2n) is 9.20. The highest BCUT2D eigenvalue weighted by Crippen LogP contribution is 2.34. The zero-order valence-electron chi connectivity index (χ0n) is 19.2. The summed E-state index contributed by atoms with van der Waals surface area (Å²) in [6, 6.07) is 13.5. The van der Waals surface area contributed by atoms with E-state index in [0.29, 0.717) is 0 Å². The number of para-hydroxylation sites is 1. The van der Waals surface area contributed by atoms with Crippen LogP contribution in [0.1, 0.15) is 45.4 Å². The highest BCUT2D eigenvalue weighted by Gasteiger charge is 2.52. The van der Waals surface area contributed by atoms with Crippen molar-refractivity contribution in [3.05, 3.63) is 60.4 Å². The van der Waals surface area contributed by atoms with Crippen LogP contribution in [0.5, 0.6) is 0 Å². The summed E-state index contributed by atoms with van der Waals surface area (Å²) in [6.45, 7) is 0.733. The second-order valence-corrected chi connectivity index (χ2v) is 11.1. The first-order valence-corrected chi connectivity index (χ1v) is 13.1. The van der Waals surface area contributed by atoms with Gasteiger partial charge in [-0.05, 0) is 44.0 Å². The summed E-state index contributed by atoms with van der Waals surface area (Å²) < 4.78 is 42.5. The highest BCUT2D eigenvalue weighted by molar-refractivity contribution is 7.89. The van der Waals surface area contributed by atoms with Gasteiger partial charge in [-0.2, -0.15) is 4.31 Å². The number of halogens is 1. The molecule has 1 atom stereocenters. The van der Waals surface area contributed by atoms with Crippen LogP contribution in [-0.4, -0.2) is 49.2 Å². The molecule has 182 valence electrons. The number of carbonyl (C=O) groups excluding carboxylic acids is 2. The van der Waals surface area contributed by atoms with Crippen LogP contribution in [0.15, 0.2) is 59.5 Å². The lowest BCUT2D eigenvalue weighted by atomic mass is 9.93. The predicted molar refractivity (Wildman–Crippen MR) is 127 cm³/mol. The molecule has 9 heteroatoms. The summed E-state index contributed by atoms with van der Waals surface area (Å²) in [6.07, 6.45) is 5.83. The molecule has 1 saturated heterocycles. The number of piperazine rings is 1. The van der Waals surface area contributed by atoms with Gasteiger partial charge in [0.1, 0.15) is 11.4 Å². The molecule has 1 heterocycles. The zero-order chi connectivity index (χ0) is 24.3. The number of hydrogen-bond acceptors (Lipinski definition) is 4. The molecule has 0 spiro atoms. The van der Waals surface area contributed by atoms with Crippen molar-refractivity contribution in [1.29, 1.82) is 0 Å². The van der Waals surface area contributed by atoms with E-state index in [9.17, 15) is 22.4 Å². The van der Waals surface area contributed by atoms with E-state index in [1.54, 1.807) is 24.3 Å². The van der Waals surface area contributed by atoms with Gasteiger partial charge in [-0.15, -0.1) is 0 Å². The molecule has 1 aliphatic carbocycles. The molecule has 4 rings (SSSR count). The van der Waals surface area contributed by atoms with Gasteiger partial charge in [-0.1, -0.05) is 56.0 Å². The minimum absolute atomic E-state index is 0.0358. The molecular weight excluding hydrogens is 457 g/mol. The Bertz CT molecular complexity index is 1150. The molecular formula is C25H30FN3O4S. The second kappa shape index (κ2) is 9.84. The summed E-state index contributed by atoms with van der Waals surface area (Å²) in [5.74, 6) is -1.79. The van der Waals surface area contributed by atoms with Gasteiger partial charge in [-0.3, -0.25) is 14.5 Å². The van der Waals surface area contributed by atoms with E-state index in [1.807, 2.05) is 0 Å². The molecule has 34 heavy (non-hydrogen) atoms. The molecule has 1 saturated carbocycles.